The van der Waals surface area contributed by atoms with Gasteiger partial charge in [-0.25, -0.2) is 4.68 Å². The second-order valence-corrected chi connectivity index (χ2v) is 12.9. The summed E-state index contributed by atoms with van der Waals surface area (Å²) < 4.78 is 46.5. The molecule has 9 nitrogen and oxygen atoms in total. The standard InChI is InChI=1S/C34H36F3N5O4/c35-34(36,37)23-6-1-4-21(14-23)8-11-30(43)28-10-9-26(17-31(28)44)46-20-24-19-42(39-38-24)25-15-29-27-7-3-13-40-12-2-5-22(33(27)40)18-41(29)32(45)16-25/h1,4,6,8-11,14,17,19,22,25,27,29,33,44H,2-3,5,7,12-13,15-16,18,20H2/b11-8+/t22-,25+,27+,29+,33-/m0/s1. The lowest BCUT2D eigenvalue weighted by Crippen LogP contribution is -2.67. The molecule has 0 unspecified atom stereocenters. The zero-order valence-electron chi connectivity index (χ0n) is 25.3. The number of phenolic OH excluding ortho intramolecular Hbond substituents is 1. The molecule has 0 bridgehead atoms. The molecule has 5 atom stereocenters. The number of halogens is 3. The summed E-state index contributed by atoms with van der Waals surface area (Å²) in [5, 5.41) is 19.1. The molecule has 4 fully saturated rings. The number of hydrogen-bond acceptors (Lipinski definition) is 7. The van der Waals surface area contributed by atoms with Crippen molar-refractivity contribution in [1.82, 2.24) is 24.8 Å². The third-order valence-corrected chi connectivity index (χ3v) is 10.1. The Morgan fingerprint density at radius 2 is 1.93 bits per heavy atom. The Bertz CT molecular complexity index is 1650. The van der Waals surface area contributed by atoms with Gasteiger partial charge in [0.1, 0.15) is 23.8 Å². The summed E-state index contributed by atoms with van der Waals surface area (Å²) in [5.41, 5.74) is -0.0468. The third-order valence-electron chi connectivity index (χ3n) is 10.1. The van der Waals surface area contributed by atoms with Crippen LogP contribution >= 0.6 is 0 Å². The summed E-state index contributed by atoms with van der Waals surface area (Å²) in [5.74, 6) is 0.704. The maximum atomic E-state index is 13.4. The molecular formula is C34H36F3N5O4. The fourth-order valence-electron chi connectivity index (χ4n) is 8.07. The maximum absolute atomic E-state index is 13.4. The molecule has 12 heteroatoms. The number of allylic oxidation sites excluding steroid dienone is 1. The van der Waals surface area contributed by atoms with Crippen molar-refractivity contribution in [2.24, 2.45) is 11.8 Å². The van der Waals surface area contributed by atoms with Crippen molar-refractivity contribution in [2.75, 3.05) is 19.6 Å². The van der Waals surface area contributed by atoms with E-state index in [9.17, 15) is 27.9 Å². The number of hydrogen-bond donors (Lipinski definition) is 1. The quantitative estimate of drug-likeness (QED) is 0.270. The molecule has 1 amide bonds. The van der Waals surface area contributed by atoms with Crippen LogP contribution in [0.1, 0.15) is 71.7 Å². The summed E-state index contributed by atoms with van der Waals surface area (Å²) in [6, 6.07) is 9.59. The van der Waals surface area contributed by atoms with E-state index in [1.807, 2.05) is 6.20 Å². The van der Waals surface area contributed by atoms with Gasteiger partial charge in [0.25, 0.3) is 0 Å². The molecule has 4 saturated heterocycles. The van der Waals surface area contributed by atoms with Crippen LogP contribution in [-0.2, 0) is 17.6 Å². The minimum absolute atomic E-state index is 0.0131. The van der Waals surface area contributed by atoms with Gasteiger partial charge in [0, 0.05) is 31.1 Å². The molecule has 4 aliphatic rings. The highest BCUT2D eigenvalue weighted by Crippen LogP contribution is 2.46. The van der Waals surface area contributed by atoms with Crippen molar-refractivity contribution < 1.29 is 32.6 Å². The Hall–Kier alpha value is -4.19. The van der Waals surface area contributed by atoms with E-state index < -0.39 is 17.5 Å². The van der Waals surface area contributed by atoms with Crippen molar-refractivity contribution in [2.45, 2.75) is 69.4 Å². The number of fused-ring (bicyclic) bond motifs is 2. The highest BCUT2D eigenvalue weighted by molar-refractivity contribution is 6.08. The van der Waals surface area contributed by atoms with Gasteiger partial charge in [-0.3, -0.25) is 14.5 Å². The van der Waals surface area contributed by atoms with E-state index >= 15 is 0 Å². The van der Waals surface area contributed by atoms with E-state index in [0.717, 1.165) is 31.2 Å². The smallest absolute Gasteiger partial charge is 0.416 e. The average molecular weight is 636 g/mol. The zero-order chi connectivity index (χ0) is 32.0. The first kappa shape index (κ1) is 30.5. The predicted molar refractivity (Wildman–Crippen MR) is 162 cm³/mol. The summed E-state index contributed by atoms with van der Waals surface area (Å²) in [7, 11) is 0. The average Bonchev–Trinajstić information content (AvgIpc) is 3.52. The van der Waals surface area contributed by atoms with Crippen molar-refractivity contribution in [3.05, 3.63) is 77.1 Å². The van der Waals surface area contributed by atoms with Gasteiger partial charge in [0.2, 0.25) is 5.91 Å². The molecular weight excluding hydrogens is 599 g/mol. The van der Waals surface area contributed by atoms with Crippen LogP contribution in [0.4, 0.5) is 13.2 Å². The molecule has 1 N–H and O–H groups in total. The van der Waals surface area contributed by atoms with Crippen LogP contribution in [0.15, 0.2) is 54.7 Å². The number of amides is 1. The topological polar surface area (TPSA) is 101 Å². The summed E-state index contributed by atoms with van der Waals surface area (Å²) in [6.45, 7) is 3.28. The number of piperidine rings is 4. The van der Waals surface area contributed by atoms with Gasteiger partial charge in [-0.05, 0) is 92.9 Å². The maximum Gasteiger partial charge on any atom is 0.416 e. The molecule has 3 aromatic rings. The number of benzene rings is 2. The molecule has 242 valence electrons. The monoisotopic (exact) mass is 635 g/mol. The molecule has 2 aromatic carbocycles. The Morgan fingerprint density at radius 1 is 1.11 bits per heavy atom. The lowest BCUT2D eigenvalue weighted by molar-refractivity contribution is -0.153. The first-order valence-corrected chi connectivity index (χ1v) is 15.9. The number of phenols is 1. The normalized spacial score (nSPS) is 26.5. The van der Waals surface area contributed by atoms with Gasteiger partial charge >= 0.3 is 6.18 Å². The molecule has 0 radical (unpaired) electrons. The van der Waals surface area contributed by atoms with E-state index in [1.54, 1.807) is 4.68 Å². The number of ether oxygens (including phenoxy) is 1. The van der Waals surface area contributed by atoms with Gasteiger partial charge in [-0.15, -0.1) is 5.10 Å². The number of carbonyl (C=O) groups excluding carboxylic acids is 2. The van der Waals surface area contributed by atoms with Crippen LogP contribution in [0.5, 0.6) is 11.5 Å². The zero-order valence-corrected chi connectivity index (χ0v) is 25.3. The number of ketones is 1. The van der Waals surface area contributed by atoms with E-state index in [4.69, 9.17) is 4.74 Å². The lowest BCUT2D eigenvalue weighted by atomic mass is 9.67. The van der Waals surface area contributed by atoms with Gasteiger partial charge in [-0.2, -0.15) is 13.2 Å². The Labute approximate surface area is 264 Å². The molecule has 1 aromatic heterocycles. The molecule has 4 aliphatic heterocycles. The minimum Gasteiger partial charge on any atom is -0.507 e. The van der Waals surface area contributed by atoms with Crippen LogP contribution in [0.25, 0.3) is 6.08 Å². The van der Waals surface area contributed by atoms with E-state index in [0.29, 0.717) is 35.7 Å². The van der Waals surface area contributed by atoms with E-state index in [1.165, 1.54) is 75.2 Å². The fourth-order valence-corrected chi connectivity index (χ4v) is 8.07. The van der Waals surface area contributed by atoms with Crippen LogP contribution in [-0.4, -0.2) is 73.3 Å². The Kier molecular flexibility index (Phi) is 8.08. The van der Waals surface area contributed by atoms with Crippen LogP contribution in [0.3, 0.4) is 0 Å². The van der Waals surface area contributed by atoms with Gasteiger partial charge in [0.15, 0.2) is 5.78 Å². The first-order valence-electron chi connectivity index (χ1n) is 15.9. The molecule has 0 aliphatic carbocycles. The molecule has 5 heterocycles. The molecule has 7 rings (SSSR count). The summed E-state index contributed by atoms with van der Waals surface area (Å²) >= 11 is 0. The largest absolute Gasteiger partial charge is 0.507 e. The number of alkyl halides is 3. The number of nitrogens with zero attached hydrogens (tertiary/aromatic N) is 5. The highest BCUT2D eigenvalue weighted by atomic mass is 19.4. The highest BCUT2D eigenvalue weighted by Gasteiger charge is 2.52. The van der Waals surface area contributed by atoms with Crippen LogP contribution < -0.4 is 4.74 Å². The van der Waals surface area contributed by atoms with Crippen LogP contribution in [0.2, 0.25) is 0 Å². The molecule has 0 spiro atoms. The Balaban J connectivity index is 0.971. The number of rotatable bonds is 7. The van der Waals surface area contributed by atoms with Crippen molar-refractivity contribution >= 4 is 17.8 Å². The Morgan fingerprint density at radius 3 is 2.74 bits per heavy atom. The van der Waals surface area contributed by atoms with Crippen molar-refractivity contribution in [3.8, 4) is 11.5 Å². The van der Waals surface area contributed by atoms with Crippen LogP contribution in [0, 0.1) is 11.8 Å². The summed E-state index contributed by atoms with van der Waals surface area (Å²) in [6.07, 6.45) is 5.75. The van der Waals surface area contributed by atoms with Gasteiger partial charge < -0.3 is 14.7 Å². The second kappa shape index (κ2) is 12.2. The SMILES string of the molecule is O=C(/C=C/c1cccc(C(F)(F)F)c1)c1ccc(OCc2cn([C@H]3CC(=O)N4C[C@@H]5CCCN6CCC[C@@H]([C@H]56)[C@H]4C3)nn2)cc1O. The van der Waals surface area contributed by atoms with E-state index in [2.05, 4.69) is 20.1 Å². The first-order chi connectivity index (χ1) is 22.1. The number of carbonyl (C=O) groups is 2. The van der Waals surface area contributed by atoms with E-state index in [-0.39, 0.29) is 41.5 Å². The summed E-state index contributed by atoms with van der Waals surface area (Å²) in [4.78, 5) is 30.9. The van der Waals surface area contributed by atoms with Crippen molar-refractivity contribution in [3.63, 3.8) is 0 Å². The van der Waals surface area contributed by atoms with Gasteiger partial charge in [-0.1, -0.05) is 23.4 Å². The predicted octanol–water partition coefficient (Wildman–Crippen LogP) is 5.51. The third kappa shape index (κ3) is 6.02. The second-order valence-electron chi connectivity index (χ2n) is 12.9. The van der Waals surface area contributed by atoms with Crippen molar-refractivity contribution in [1.29, 1.82) is 0 Å². The molecule has 0 saturated carbocycles. The number of aromatic nitrogens is 3. The fraction of sp³-hybridized carbons (Fsp3) is 0.471. The number of aromatic hydroxyl groups is 1. The lowest BCUT2D eigenvalue weighted by Gasteiger charge is -2.59. The minimum atomic E-state index is -4.49. The molecule has 46 heavy (non-hydrogen) atoms. The van der Waals surface area contributed by atoms with Gasteiger partial charge in [0.05, 0.1) is 23.4 Å².